The molecule has 0 unspecified atom stereocenters. The van der Waals surface area contributed by atoms with Crippen molar-refractivity contribution in [3.05, 3.63) is 23.7 Å². The first-order chi connectivity index (χ1) is 7.88. The molecule has 2 N–H and O–H groups in total. The van der Waals surface area contributed by atoms with Crippen molar-refractivity contribution in [1.82, 2.24) is 4.90 Å². The summed E-state index contributed by atoms with van der Waals surface area (Å²) in [5, 5.41) is 0. The Bertz CT molecular complexity index is 301. The third-order valence-electron chi connectivity index (χ3n) is 3.19. The highest BCUT2D eigenvalue weighted by Gasteiger charge is 2.11. The molecule has 3 heteroatoms. The molecule has 1 fully saturated rings. The molecule has 0 radical (unpaired) electrons. The smallest absolute Gasteiger partial charge is 0.118 e. The summed E-state index contributed by atoms with van der Waals surface area (Å²) in [7, 11) is 0. The van der Waals surface area contributed by atoms with E-state index in [9.17, 15) is 0 Å². The monoisotopic (exact) mass is 222 g/mol. The highest BCUT2D eigenvalue weighted by atomic mass is 16.3. The Morgan fingerprint density at radius 3 is 2.44 bits per heavy atom. The van der Waals surface area contributed by atoms with E-state index < -0.39 is 0 Å². The second-order valence-electron chi connectivity index (χ2n) is 4.60. The minimum atomic E-state index is 0.663. The van der Waals surface area contributed by atoms with Crippen molar-refractivity contribution in [1.29, 1.82) is 0 Å². The molecule has 0 spiro atoms. The van der Waals surface area contributed by atoms with Crippen molar-refractivity contribution < 1.29 is 4.42 Å². The number of hydrogen-bond donors (Lipinski definition) is 1. The van der Waals surface area contributed by atoms with Crippen LogP contribution in [0.15, 0.2) is 16.5 Å². The van der Waals surface area contributed by atoms with Gasteiger partial charge in [0.15, 0.2) is 0 Å². The van der Waals surface area contributed by atoms with Crippen LogP contribution in [-0.4, -0.2) is 24.5 Å². The van der Waals surface area contributed by atoms with E-state index >= 15 is 0 Å². The van der Waals surface area contributed by atoms with Crippen LogP contribution < -0.4 is 5.73 Å². The summed E-state index contributed by atoms with van der Waals surface area (Å²) in [6, 6.07) is 4.15. The molecule has 1 aromatic rings. The fourth-order valence-corrected chi connectivity index (χ4v) is 2.30. The van der Waals surface area contributed by atoms with Crippen LogP contribution in [0.5, 0.6) is 0 Å². The van der Waals surface area contributed by atoms with Crippen LogP contribution in [0.1, 0.15) is 37.2 Å². The van der Waals surface area contributed by atoms with Gasteiger partial charge in [-0.2, -0.15) is 0 Å². The number of rotatable bonds is 4. The molecule has 0 aromatic carbocycles. The maximum absolute atomic E-state index is 5.75. The van der Waals surface area contributed by atoms with Gasteiger partial charge in [-0.15, -0.1) is 0 Å². The first kappa shape index (κ1) is 11.7. The molecule has 3 nitrogen and oxygen atoms in total. The van der Waals surface area contributed by atoms with E-state index in [2.05, 4.69) is 17.0 Å². The van der Waals surface area contributed by atoms with Crippen LogP contribution in [-0.2, 0) is 13.0 Å². The second kappa shape index (κ2) is 6.06. The van der Waals surface area contributed by atoms with Gasteiger partial charge in [-0.1, -0.05) is 12.8 Å². The van der Waals surface area contributed by atoms with Crippen LogP contribution in [0.2, 0.25) is 0 Å². The van der Waals surface area contributed by atoms with E-state index in [1.807, 2.05) is 0 Å². The lowest BCUT2D eigenvalue weighted by molar-refractivity contribution is 0.250. The summed E-state index contributed by atoms with van der Waals surface area (Å²) < 4.78 is 5.75. The van der Waals surface area contributed by atoms with Crippen molar-refractivity contribution in [3.8, 4) is 0 Å². The number of furan rings is 1. The van der Waals surface area contributed by atoms with Crippen molar-refractivity contribution in [2.45, 2.75) is 38.6 Å². The highest BCUT2D eigenvalue weighted by Crippen LogP contribution is 2.15. The summed E-state index contributed by atoms with van der Waals surface area (Å²) in [5.74, 6) is 2.11. The fraction of sp³-hybridized carbons (Fsp3) is 0.692. The first-order valence-electron chi connectivity index (χ1n) is 6.38. The average molecular weight is 222 g/mol. The largest absolute Gasteiger partial charge is 0.465 e. The maximum Gasteiger partial charge on any atom is 0.118 e. The number of hydrogen-bond acceptors (Lipinski definition) is 3. The zero-order valence-corrected chi connectivity index (χ0v) is 9.95. The fourth-order valence-electron chi connectivity index (χ4n) is 2.30. The Kier molecular flexibility index (Phi) is 4.43. The van der Waals surface area contributed by atoms with Gasteiger partial charge in [0.1, 0.15) is 11.5 Å². The molecule has 1 aromatic heterocycles. The maximum atomic E-state index is 5.75. The molecular weight excluding hydrogens is 200 g/mol. The third-order valence-corrected chi connectivity index (χ3v) is 3.19. The Morgan fingerprint density at radius 1 is 1.06 bits per heavy atom. The van der Waals surface area contributed by atoms with Crippen molar-refractivity contribution in [3.63, 3.8) is 0 Å². The lowest BCUT2D eigenvalue weighted by Crippen LogP contribution is -2.23. The lowest BCUT2D eigenvalue weighted by Gasteiger charge is -2.17. The third kappa shape index (κ3) is 3.35. The van der Waals surface area contributed by atoms with Gasteiger partial charge in [-0.25, -0.2) is 0 Å². The van der Waals surface area contributed by atoms with Crippen molar-refractivity contribution in [2.75, 3.05) is 19.6 Å². The Hall–Kier alpha value is -0.800. The van der Waals surface area contributed by atoms with E-state index in [1.165, 1.54) is 38.8 Å². The predicted octanol–water partition coefficient (Wildman–Crippen LogP) is 2.16. The Balaban J connectivity index is 1.86. The van der Waals surface area contributed by atoms with E-state index in [4.69, 9.17) is 10.2 Å². The minimum Gasteiger partial charge on any atom is -0.465 e. The van der Waals surface area contributed by atoms with Crippen LogP contribution in [0.25, 0.3) is 0 Å². The van der Waals surface area contributed by atoms with Gasteiger partial charge in [0.05, 0.1) is 6.54 Å². The minimum absolute atomic E-state index is 0.663. The van der Waals surface area contributed by atoms with Crippen LogP contribution >= 0.6 is 0 Å². The summed E-state index contributed by atoms with van der Waals surface area (Å²) in [6.07, 6.45) is 6.27. The molecule has 0 bridgehead atoms. The summed E-state index contributed by atoms with van der Waals surface area (Å²) in [6.45, 7) is 4.06. The van der Waals surface area contributed by atoms with Crippen LogP contribution in [0.4, 0.5) is 0 Å². The zero-order chi connectivity index (χ0) is 11.2. The molecule has 1 aliphatic heterocycles. The Labute approximate surface area is 97.6 Å². The quantitative estimate of drug-likeness (QED) is 0.849. The van der Waals surface area contributed by atoms with Gasteiger partial charge in [0, 0.05) is 6.42 Å². The highest BCUT2D eigenvalue weighted by molar-refractivity contribution is 5.07. The SMILES string of the molecule is NCCc1ccc(CN2CCCCCC2)o1. The zero-order valence-electron chi connectivity index (χ0n) is 9.95. The van der Waals surface area contributed by atoms with Gasteiger partial charge in [0.2, 0.25) is 0 Å². The molecule has 0 saturated carbocycles. The molecule has 90 valence electrons. The molecule has 1 saturated heterocycles. The van der Waals surface area contributed by atoms with Gasteiger partial charge in [-0.3, -0.25) is 4.90 Å². The predicted molar refractivity (Wildman–Crippen MR) is 65.2 cm³/mol. The topological polar surface area (TPSA) is 42.4 Å². The first-order valence-corrected chi connectivity index (χ1v) is 6.38. The molecule has 2 heterocycles. The van der Waals surface area contributed by atoms with Crippen LogP contribution in [0, 0.1) is 0 Å². The van der Waals surface area contributed by atoms with E-state index in [1.54, 1.807) is 0 Å². The molecule has 0 aliphatic carbocycles. The summed E-state index contributed by atoms with van der Waals surface area (Å²) in [5.41, 5.74) is 5.50. The lowest BCUT2D eigenvalue weighted by atomic mass is 10.2. The number of nitrogens with zero attached hydrogens (tertiary/aromatic N) is 1. The van der Waals surface area contributed by atoms with E-state index in [0.29, 0.717) is 6.54 Å². The van der Waals surface area contributed by atoms with Gasteiger partial charge in [-0.05, 0) is 44.6 Å². The second-order valence-corrected chi connectivity index (χ2v) is 4.60. The molecule has 1 aliphatic rings. The number of nitrogens with two attached hydrogens (primary N) is 1. The Morgan fingerprint density at radius 2 is 1.75 bits per heavy atom. The van der Waals surface area contributed by atoms with Crippen molar-refractivity contribution >= 4 is 0 Å². The van der Waals surface area contributed by atoms with Gasteiger partial charge >= 0.3 is 0 Å². The molecule has 16 heavy (non-hydrogen) atoms. The number of likely N-dealkylation sites (tertiary alicyclic amines) is 1. The van der Waals surface area contributed by atoms with Crippen molar-refractivity contribution in [2.24, 2.45) is 5.73 Å². The normalized spacial score (nSPS) is 18.6. The standard InChI is InChI=1S/C13H22N2O/c14-8-7-12-5-6-13(16-12)11-15-9-3-1-2-4-10-15/h5-6H,1-4,7-11,14H2. The molecular formula is C13H22N2O. The molecule has 2 rings (SSSR count). The summed E-state index contributed by atoms with van der Waals surface area (Å²) >= 11 is 0. The molecule has 0 atom stereocenters. The van der Waals surface area contributed by atoms with Gasteiger partial charge < -0.3 is 10.2 Å². The van der Waals surface area contributed by atoms with E-state index in [0.717, 1.165) is 24.5 Å². The van der Waals surface area contributed by atoms with E-state index in [-0.39, 0.29) is 0 Å². The average Bonchev–Trinajstić information content (AvgIpc) is 2.56. The summed E-state index contributed by atoms with van der Waals surface area (Å²) in [4.78, 5) is 2.50. The molecule has 0 amide bonds. The van der Waals surface area contributed by atoms with Crippen LogP contribution in [0.3, 0.4) is 0 Å². The van der Waals surface area contributed by atoms with Gasteiger partial charge in [0.25, 0.3) is 0 Å².